The van der Waals surface area contributed by atoms with E-state index in [0.717, 1.165) is 51.4 Å². The quantitative estimate of drug-likeness (QED) is 0.682. The third-order valence-corrected chi connectivity index (χ3v) is 4.69. The summed E-state index contributed by atoms with van der Waals surface area (Å²) in [6.45, 7) is 0. The third kappa shape index (κ3) is 4.77. The van der Waals surface area contributed by atoms with Crippen LogP contribution >= 0.6 is 0 Å². The van der Waals surface area contributed by atoms with Crippen molar-refractivity contribution in [3.63, 3.8) is 0 Å². The summed E-state index contributed by atoms with van der Waals surface area (Å²) in [6, 6.07) is 0.309. The molecule has 0 saturated heterocycles. The maximum absolute atomic E-state index is 12.1. The first-order chi connectivity index (χ1) is 9.15. The molecule has 4 nitrogen and oxygen atoms in total. The van der Waals surface area contributed by atoms with E-state index in [9.17, 15) is 9.90 Å². The van der Waals surface area contributed by atoms with Crippen LogP contribution in [-0.2, 0) is 4.79 Å². The van der Waals surface area contributed by atoms with Gasteiger partial charge in [-0.1, -0.05) is 19.3 Å². The molecule has 0 aliphatic heterocycles. The Balaban J connectivity index is 1.73. The van der Waals surface area contributed by atoms with Crippen LogP contribution in [0.5, 0.6) is 0 Å². The van der Waals surface area contributed by atoms with Crippen LogP contribution < -0.4 is 11.1 Å². The highest BCUT2D eigenvalue weighted by atomic mass is 16.3. The first-order valence-electron chi connectivity index (χ1n) is 7.88. The molecule has 2 rings (SSSR count). The first kappa shape index (κ1) is 14.8. The number of amides is 1. The van der Waals surface area contributed by atoms with Crippen molar-refractivity contribution in [2.75, 3.05) is 0 Å². The van der Waals surface area contributed by atoms with Crippen molar-refractivity contribution >= 4 is 5.91 Å². The Morgan fingerprint density at radius 2 is 1.74 bits per heavy atom. The van der Waals surface area contributed by atoms with Crippen LogP contribution in [0.1, 0.15) is 64.2 Å². The highest BCUT2D eigenvalue weighted by Crippen LogP contribution is 2.26. The normalized spacial score (nSPS) is 36.5. The smallest absolute Gasteiger partial charge is 0.220 e. The number of hydrogen-bond acceptors (Lipinski definition) is 3. The van der Waals surface area contributed by atoms with Crippen LogP contribution in [0.25, 0.3) is 0 Å². The standard InChI is InChI=1S/C15H28N2O2/c16-12-8-6-11(7-9-12)10-15(19)17-13-4-2-1-3-5-14(13)18/h11-14,18H,1-10,16H2,(H,17,19). The summed E-state index contributed by atoms with van der Waals surface area (Å²) in [6.07, 6.45) is 9.59. The van der Waals surface area contributed by atoms with Gasteiger partial charge >= 0.3 is 0 Å². The number of carbonyl (C=O) groups is 1. The third-order valence-electron chi connectivity index (χ3n) is 4.69. The van der Waals surface area contributed by atoms with E-state index in [-0.39, 0.29) is 18.1 Å². The summed E-state index contributed by atoms with van der Waals surface area (Å²) in [5.41, 5.74) is 5.88. The van der Waals surface area contributed by atoms with Gasteiger partial charge in [-0.05, 0) is 44.4 Å². The number of hydrogen-bond donors (Lipinski definition) is 3. The maximum Gasteiger partial charge on any atom is 0.220 e. The molecule has 0 spiro atoms. The summed E-state index contributed by atoms with van der Waals surface area (Å²) >= 11 is 0. The Hall–Kier alpha value is -0.610. The molecule has 0 radical (unpaired) electrons. The molecule has 0 aromatic heterocycles. The molecule has 2 aliphatic rings. The lowest BCUT2D eigenvalue weighted by atomic mass is 9.84. The summed E-state index contributed by atoms with van der Waals surface area (Å²) in [7, 11) is 0. The van der Waals surface area contributed by atoms with Gasteiger partial charge in [-0.3, -0.25) is 4.79 Å². The van der Waals surface area contributed by atoms with Crippen LogP contribution in [0.4, 0.5) is 0 Å². The van der Waals surface area contributed by atoms with Gasteiger partial charge in [0.15, 0.2) is 0 Å². The van der Waals surface area contributed by atoms with Crippen molar-refractivity contribution < 1.29 is 9.90 Å². The molecular weight excluding hydrogens is 240 g/mol. The van der Waals surface area contributed by atoms with E-state index >= 15 is 0 Å². The van der Waals surface area contributed by atoms with E-state index in [1.54, 1.807) is 0 Å². The monoisotopic (exact) mass is 268 g/mol. The topological polar surface area (TPSA) is 75.4 Å². The lowest BCUT2D eigenvalue weighted by Gasteiger charge is -2.27. The fraction of sp³-hybridized carbons (Fsp3) is 0.933. The van der Waals surface area contributed by atoms with Gasteiger partial charge in [0.1, 0.15) is 0 Å². The Kier molecular flexibility index (Phi) is 5.64. The number of nitrogens with one attached hydrogen (secondary N) is 1. The van der Waals surface area contributed by atoms with Crippen LogP contribution in [0, 0.1) is 5.92 Å². The van der Waals surface area contributed by atoms with Gasteiger partial charge in [0.25, 0.3) is 0 Å². The molecule has 4 N–H and O–H groups in total. The number of carbonyl (C=O) groups excluding carboxylic acids is 1. The molecule has 2 fully saturated rings. The molecule has 2 aliphatic carbocycles. The predicted molar refractivity (Wildman–Crippen MR) is 75.6 cm³/mol. The Morgan fingerprint density at radius 3 is 2.47 bits per heavy atom. The molecule has 0 aromatic carbocycles. The summed E-state index contributed by atoms with van der Waals surface area (Å²) in [4.78, 5) is 12.1. The SMILES string of the molecule is NC1CCC(CC(=O)NC2CCCCCC2O)CC1. The van der Waals surface area contributed by atoms with E-state index < -0.39 is 0 Å². The lowest BCUT2D eigenvalue weighted by Crippen LogP contribution is -2.43. The molecule has 2 saturated carbocycles. The molecule has 0 aromatic rings. The van der Waals surface area contributed by atoms with Crippen LogP contribution in [-0.4, -0.2) is 29.2 Å². The highest BCUT2D eigenvalue weighted by Gasteiger charge is 2.25. The first-order valence-corrected chi connectivity index (χ1v) is 7.88. The fourth-order valence-electron chi connectivity index (χ4n) is 3.38. The van der Waals surface area contributed by atoms with E-state index in [0.29, 0.717) is 18.4 Å². The Labute approximate surface area is 116 Å². The van der Waals surface area contributed by atoms with Crippen molar-refractivity contribution in [3.05, 3.63) is 0 Å². The van der Waals surface area contributed by atoms with Gasteiger partial charge in [-0.2, -0.15) is 0 Å². The van der Waals surface area contributed by atoms with Gasteiger partial charge in [0.2, 0.25) is 5.91 Å². The maximum atomic E-state index is 12.1. The molecule has 0 bridgehead atoms. The van der Waals surface area contributed by atoms with E-state index in [1.165, 1.54) is 6.42 Å². The van der Waals surface area contributed by atoms with Crippen LogP contribution in [0.15, 0.2) is 0 Å². The number of aliphatic hydroxyl groups excluding tert-OH is 1. The van der Waals surface area contributed by atoms with Crippen molar-refractivity contribution in [3.8, 4) is 0 Å². The molecule has 110 valence electrons. The van der Waals surface area contributed by atoms with Crippen LogP contribution in [0.3, 0.4) is 0 Å². The van der Waals surface area contributed by atoms with E-state index in [2.05, 4.69) is 5.32 Å². The van der Waals surface area contributed by atoms with E-state index in [4.69, 9.17) is 5.73 Å². The van der Waals surface area contributed by atoms with Crippen molar-refractivity contribution in [1.82, 2.24) is 5.32 Å². The molecule has 2 unspecified atom stereocenters. The second kappa shape index (κ2) is 7.25. The average molecular weight is 268 g/mol. The van der Waals surface area contributed by atoms with Gasteiger partial charge < -0.3 is 16.2 Å². The molecule has 1 amide bonds. The van der Waals surface area contributed by atoms with E-state index in [1.807, 2.05) is 0 Å². The number of rotatable bonds is 3. The molecule has 19 heavy (non-hydrogen) atoms. The molecule has 2 atom stereocenters. The average Bonchev–Trinajstić information content (AvgIpc) is 2.58. The second-order valence-electron chi connectivity index (χ2n) is 6.36. The number of nitrogens with two attached hydrogens (primary N) is 1. The zero-order valence-electron chi connectivity index (χ0n) is 11.8. The fourth-order valence-corrected chi connectivity index (χ4v) is 3.38. The van der Waals surface area contributed by atoms with Gasteiger partial charge in [0, 0.05) is 12.5 Å². The minimum atomic E-state index is -0.355. The number of aliphatic hydroxyl groups is 1. The minimum absolute atomic E-state index is 0.0270. The zero-order valence-corrected chi connectivity index (χ0v) is 11.8. The predicted octanol–water partition coefficient (Wildman–Crippen LogP) is 1.70. The van der Waals surface area contributed by atoms with Crippen LogP contribution in [0.2, 0.25) is 0 Å². The van der Waals surface area contributed by atoms with Crippen molar-refractivity contribution in [1.29, 1.82) is 0 Å². The van der Waals surface area contributed by atoms with Crippen molar-refractivity contribution in [2.24, 2.45) is 11.7 Å². The summed E-state index contributed by atoms with van der Waals surface area (Å²) in [5.74, 6) is 0.606. The molecule has 4 heteroatoms. The largest absolute Gasteiger partial charge is 0.391 e. The lowest BCUT2D eigenvalue weighted by molar-refractivity contribution is -0.123. The highest BCUT2D eigenvalue weighted by molar-refractivity contribution is 5.76. The zero-order chi connectivity index (χ0) is 13.7. The Morgan fingerprint density at radius 1 is 1.05 bits per heavy atom. The Bertz CT molecular complexity index is 288. The second-order valence-corrected chi connectivity index (χ2v) is 6.36. The molecule has 0 heterocycles. The van der Waals surface area contributed by atoms with Crippen molar-refractivity contribution in [2.45, 2.75) is 82.4 Å². The van der Waals surface area contributed by atoms with Gasteiger partial charge in [-0.25, -0.2) is 0 Å². The summed E-state index contributed by atoms with van der Waals surface area (Å²) in [5, 5.41) is 13.1. The van der Waals surface area contributed by atoms with Gasteiger partial charge in [0.05, 0.1) is 12.1 Å². The molecular formula is C15H28N2O2. The van der Waals surface area contributed by atoms with Gasteiger partial charge in [-0.15, -0.1) is 0 Å². The minimum Gasteiger partial charge on any atom is -0.391 e. The summed E-state index contributed by atoms with van der Waals surface area (Å²) < 4.78 is 0.